The first-order chi connectivity index (χ1) is 18.9. The molecule has 0 aromatic heterocycles. The number of esters is 1. The summed E-state index contributed by atoms with van der Waals surface area (Å²) in [6.45, 7) is 2.11. The van der Waals surface area contributed by atoms with Crippen LogP contribution in [-0.2, 0) is 4.79 Å². The Bertz CT molecular complexity index is 1300. The molecule has 0 aliphatic rings. The molecule has 3 rings (SSSR count). The Balaban J connectivity index is 1.48. The highest BCUT2D eigenvalue weighted by Gasteiger charge is 2.17. The average molecular weight is 536 g/mol. The molecule has 204 valence electrons. The molecule has 2 amide bonds. The number of hydrogen-bond acceptors (Lipinski definition) is 9. The number of carbonyl (C=O) groups excluding carboxylic acids is 3. The molecule has 3 aromatic rings. The topological polar surface area (TPSA) is 134 Å². The lowest BCUT2D eigenvalue weighted by Gasteiger charge is -2.14. The molecule has 0 radical (unpaired) electrons. The van der Waals surface area contributed by atoms with E-state index in [9.17, 15) is 14.4 Å². The monoisotopic (exact) mass is 535 g/mol. The number of benzene rings is 3. The maximum Gasteiger partial charge on any atom is 0.343 e. The number of methoxy groups -OCH3 is 3. The van der Waals surface area contributed by atoms with Crippen LogP contribution < -0.4 is 34.4 Å². The summed E-state index contributed by atoms with van der Waals surface area (Å²) in [5, 5.41) is 6.38. The van der Waals surface area contributed by atoms with Gasteiger partial charge in [-0.25, -0.2) is 10.2 Å². The van der Waals surface area contributed by atoms with Gasteiger partial charge in [0.15, 0.2) is 11.5 Å². The molecule has 0 saturated heterocycles. The fraction of sp³-hybridized carbons (Fsp3) is 0.214. The van der Waals surface area contributed by atoms with E-state index in [0.717, 1.165) is 0 Å². The first-order valence-electron chi connectivity index (χ1n) is 11.8. The Morgan fingerprint density at radius 3 is 2.00 bits per heavy atom. The Morgan fingerprint density at radius 2 is 1.44 bits per heavy atom. The molecule has 0 aliphatic carbocycles. The quantitative estimate of drug-likeness (QED) is 0.156. The number of hydrazone groups is 1. The van der Waals surface area contributed by atoms with E-state index in [1.807, 2.05) is 6.92 Å². The highest BCUT2D eigenvalue weighted by Crippen LogP contribution is 2.38. The lowest BCUT2D eigenvalue weighted by atomic mass is 10.1. The largest absolute Gasteiger partial charge is 0.494 e. The SMILES string of the molecule is CCOc1ccc(C(=O)Oc2ccc(/C=N/NC(=O)CNC(=O)c3cc(OC)c(OC)c(OC)c3)cc2)cc1. The van der Waals surface area contributed by atoms with Crippen LogP contribution in [0.5, 0.6) is 28.7 Å². The zero-order valence-electron chi connectivity index (χ0n) is 22.0. The molecule has 0 fully saturated rings. The molecule has 0 spiro atoms. The Labute approximate surface area is 225 Å². The number of ether oxygens (including phenoxy) is 5. The third-order valence-corrected chi connectivity index (χ3v) is 5.23. The van der Waals surface area contributed by atoms with Crippen molar-refractivity contribution in [3.8, 4) is 28.7 Å². The van der Waals surface area contributed by atoms with E-state index in [4.69, 9.17) is 23.7 Å². The average Bonchev–Trinajstić information content (AvgIpc) is 2.96. The molecule has 0 atom stereocenters. The number of carbonyl (C=O) groups is 3. The van der Waals surface area contributed by atoms with Crippen molar-refractivity contribution in [2.75, 3.05) is 34.5 Å². The summed E-state index contributed by atoms with van der Waals surface area (Å²) in [6.07, 6.45) is 1.41. The van der Waals surface area contributed by atoms with Crippen molar-refractivity contribution in [3.05, 3.63) is 77.4 Å². The predicted molar refractivity (Wildman–Crippen MR) is 143 cm³/mol. The van der Waals surface area contributed by atoms with Gasteiger partial charge < -0.3 is 29.0 Å². The number of hydrogen-bond donors (Lipinski definition) is 2. The van der Waals surface area contributed by atoms with E-state index in [1.165, 1.54) is 39.7 Å². The molecular formula is C28H29N3O8. The van der Waals surface area contributed by atoms with E-state index in [0.29, 0.717) is 46.5 Å². The van der Waals surface area contributed by atoms with Gasteiger partial charge in [-0.2, -0.15) is 5.10 Å². The standard InChI is InChI=1S/C28H29N3O8/c1-5-38-21-12-8-19(9-13-21)28(34)39-22-10-6-18(7-11-22)16-30-31-25(32)17-29-27(33)20-14-23(35-2)26(37-4)24(15-20)36-3/h6-16H,5,17H2,1-4H3,(H,29,33)(H,31,32)/b30-16+. The van der Waals surface area contributed by atoms with Gasteiger partial charge in [-0.15, -0.1) is 0 Å². The van der Waals surface area contributed by atoms with Gasteiger partial charge in [0.1, 0.15) is 11.5 Å². The summed E-state index contributed by atoms with van der Waals surface area (Å²) in [5.74, 6) is 0.454. The molecule has 0 aliphatic heterocycles. The first-order valence-corrected chi connectivity index (χ1v) is 11.8. The van der Waals surface area contributed by atoms with Gasteiger partial charge in [-0.05, 0) is 73.2 Å². The van der Waals surface area contributed by atoms with Gasteiger partial charge >= 0.3 is 5.97 Å². The van der Waals surface area contributed by atoms with E-state index < -0.39 is 17.8 Å². The second kappa shape index (κ2) is 14.0. The molecule has 3 aromatic carbocycles. The highest BCUT2D eigenvalue weighted by atomic mass is 16.5. The van der Waals surface area contributed by atoms with Crippen LogP contribution in [-0.4, -0.2) is 58.5 Å². The van der Waals surface area contributed by atoms with Crippen molar-refractivity contribution in [1.29, 1.82) is 0 Å². The Morgan fingerprint density at radius 1 is 0.821 bits per heavy atom. The maximum atomic E-state index is 12.5. The van der Waals surface area contributed by atoms with Crippen LogP contribution in [0.2, 0.25) is 0 Å². The first kappa shape index (κ1) is 28.5. The van der Waals surface area contributed by atoms with Crippen LogP contribution in [0.1, 0.15) is 33.2 Å². The normalized spacial score (nSPS) is 10.5. The van der Waals surface area contributed by atoms with Gasteiger partial charge in [-0.3, -0.25) is 9.59 Å². The number of nitrogens with one attached hydrogen (secondary N) is 2. The summed E-state index contributed by atoms with van der Waals surface area (Å²) in [4.78, 5) is 36.9. The van der Waals surface area contributed by atoms with Crippen molar-refractivity contribution >= 4 is 24.0 Å². The fourth-order valence-electron chi connectivity index (χ4n) is 3.33. The minimum Gasteiger partial charge on any atom is -0.494 e. The van der Waals surface area contributed by atoms with Crippen molar-refractivity contribution in [3.63, 3.8) is 0 Å². The van der Waals surface area contributed by atoms with Crippen LogP contribution in [0.4, 0.5) is 0 Å². The Kier molecular flexibility index (Phi) is 10.3. The molecule has 2 N–H and O–H groups in total. The van der Waals surface area contributed by atoms with Crippen molar-refractivity contribution < 1.29 is 38.1 Å². The third kappa shape index (κ3) is 7.96. The highest BCUT2D eigenvalue weighted by molar-refractivity contribution is 5.97. The lowest BCUT2D eigenvalue weighted by Crippen LogP contribution is -2.34. The summed E-state index contributed by atoms with van der Waals surface area (Å²) in [5.41, 5.74) is 3.60. The second-order valence-electron chi connectivity index (χ2n) is 7.81. The molecule has 0 bridgehead atoms. The lowest BCUT2D eigenvalue weighted by molar-refractivity contribution is -0.120. The van der Waals surface area contributed by atoms with Crippen LogP contribution in [0, 0.1) is 0 Å². The molecule has 0 heterocycles. The molecule has 11 nitrogen and oxygen atoms in total. The zero-order chi connectivity index (χ0) is 28.2. The van der Waals surface area contributed by atoms with Crippen LogP contribution in [0.25, 0.3) is 0 Å². The third-order valence-electron chi connectivity index (χ3n) is 5.23. The van der Waals surface area contributed by atoms with E-state index in [-0.39, 0.29) is 12.1 Å². The van der Waals surface area contributed by atoms with E-state index >= 15 is 0 Å². The smallest absolute Gasteiger partial charge is 0.343 e. The van der Waals surface area contributed by atoms with Crippen molar-refractivity contribution in [2.45, 2.75) is 6.92 Å². The second-order valence-corrected chi connectivity index (χ2v) is 7.81. The van der Waals surface area contributed by atoms with Gasteiger partial charge in [0.2, 0.25) is 5.75 Å². The molecular weight excluding hydrogens is 506 g/mol. The molecule has 11 heteroatoms. The van der Waals surface area contributed by atoms with Gasteiger partial charge in [-0.1, -0.05) is 0 Å². The molecule has 39 heavy (non-hydrogen) atoms. The van der Waals surface area contributed by atoms with Crippen LogP contribution >= 0.6 is 0 Å². The Hall–Kier alpha value is -5.06. The fourth-order valence-corrected chi connectivity index (χ4v) is 3.33. The van der Waals surface area contributed by atoms with Gasteiger partial charge in [0.25, 0.3) is 11.8 Å². The van der Waals surface area contributed by atoms with E-state index in [1.54, 1.807) is 48.5 Å². The van der Waals surface area contributed by atoms with Crippen molar-refractivity contribution in [2.24, 2.45) is 5.10 Å². The minimum absolute atomic E-state index is 0.226. The summed E-state index contributed by atoms with van der Waals surface area (Å²) >= 11 is 0. The van der Waals surface area contributed by atoms with Gasteiger partial charge in [0, 0.05) is 5.56 Å². The molecule has 0 saturated carbocycles. The summed E-state index contributed by atoms with van der Waals surface area (Å²) < 4.78 is 26.4. The zero-order valence-corrected chi connectivity index (χ0v) is 22.0. The number of rotatable bonds is 12. The summed E-state index contributed by atoms with van der Waals surface area (Å²) in [6, 6.07) is 16.2. The van der Waals surface area contributed by atoms with Crippen molar-refractivity contribution in [1.82, 2.24) is 10.7 Å². The van der Waals surface area contributed by atoms with E-state index in [2.05, 4.69) is 15.8 Å². The minimum atomic E-state index is -0.534. The number of nitrogens with zero attached hydrogens (tertiary/aromatic N) is 1. The molecule has 0 unspecified atom stereocenters. The maximum absolute atomic E-state index is 12.5. The van der Waals surface area contributed by atoms with Crippen LogP contribution in [0.3, 0.4) is 0 Å². The van der Waals surface area contributed by atoms with Crippen LogP contribution in [0.15, 0.2) is 65.8 Å². The summed E-state index contributed by atoms with van der Waals surface area (Å²) in [7, 11) is 4.33. The predicted octanol–water partition coefficient (Wildman–Crippen LogP) is 3.21. The number of amides is 2. The van der Waals surface area contributed by atoms with Gasteiger partial charge in [0.05, 0.1) is 46.3 Å².